The number of rotatable bonds is 5. The molecule has 0 atom stereocenters. The van der Waals surface area contributed by atoms with Crippen molar-refractivity contribution in [2.45, 2.75) is 6.92 Å². The van der Waals surface area contributed by atoms with Crippen LogP contribution in [0.25, 0.3) is 16.3 Å². The molecular weight excluding hydrogens is 372 g/mol. The number of benzene rings is 2. The normalized spacial score (nSPS) is 11.2. The van der Waals surface area contributed by atoms with Crippen LogP contribution in [0.2, 0.25) is 0 Å². The van der Waals surface area contributed by atoms with Gasteiger partial charge in [0.2, 0.25) is 0 Å². The van der Waals surface area contributed by atoms with Gasteiger partial charge in [0.15, 0.2) is 5.13 Å². The maximum absolute atomic E-state index is 13.2. The summed E-state index contributed by atoms with van der Waals surface area (Å²) in [7, 11) is 1.59. The van der Waals surface area contributed by atoms with Crippen LogP contribution in [0.4, 0.5) is 10.8 Å². The number of thiazole rings is 1. The second-order valence-electron chi connectivity index (χ2n) is 6.16. The SMILES string of the molecule is COc1ccc(C)cc1N(C(=O)/C=C/c1ccco1)c1nc2ccccc2s1. The van der Waals surface area contributed by atoms with Gasteiger partial charge in [-0.05, 0) is 55.0 Å². The van der Waals surface area contributed by atoms with Crippen LogP contribution >= 0.6 is 11.3 Å². The van der Waals surface area contributed by atoms with Crippen LogP contribution in [0.5, 0.6) is 5.75 Å². The Labute approximate surface area is 166 Å². The van der Waals surface area contributed by atoms with Crippen molar-refractivity contribution in [3.05, 3.63) is 78.3 Å². The lowest BCUT2D eigenvalue weighted by molar-refractivity contribution is -0.113. The molecule has 2 heterocycles. The van der Waals surface area contributed by atoms with Crippen molar-refractivity contribution in [2.24, 2.45) is 0 Å². The van der Waals surface area contributed by atoms with Gasteiger partial charge in [0.05, 0.1) is 29.3 Å². The Balaban J connectivity index is 1.83. The van der Waals surface area contributed by atoms with E-state index < -0.39 is 0 Å². The number of methoxy groups -OCH3 is 1. The molecule has 0 spiro atoms. The van der Waals surface area contributed by atoms with Gasteiger partial charge in [0, 0.05) is 6.08 Å². The number of nitrogens with zero attached hydrogens (tertiary/aromatic N) is 2. The second kappa shape index (κ2) is 7.70. The molecule has 0 saturated carbocycles. The minimum absolute atomic E-state index is 0.237. The molecule has 0 bridgehead atoms. The number of para-hydroxylation sites is 1. The average molecular weight is 390 g/mol. The Hall–Kier alpha value is -3.38. The highest BCUT2D eigenvalue weighted by Gasteiger charge is 2.23. The van der Waals surface area contributed by atoms with Crippen LogP contribution in [-0.2, 0) is 4.79 Å². The molecule has 4 rings (SSSR count). The number of aromatic nitrogens is 1. The summed E-state index contributed by atoms with van der Waals surface area (Å²) in [5.41, 5.74) is 2.52. The first-order valence-electron chi connectivity index (χ1n) is 8.71. The summed E-state index contributed by atoms with van der Waals surface area (Å²) in [6, 6.07) is 17.1. The zero-order valence-electron chi connectivity index (χ0n) is 15.5. The fraction of sp³-hybridized carbons (Fsp3) is 0.0909. The fourth-order valence-electron chi connectivity index (χ4n) is 2.86. The molecule has 28 heavy (non-hydrogen) atoms. The molecule has 0 aliphatic carbocycles. The number of furan rings is 1. The van der Waals surface area contributed by atoms with Crippen molar-refractivity contribution in [3.8, 4) is 5.75 Å². The van der Waals surface area contributed by atoms with E-state index >= 15 is 0 Å². The van der Waals surface area contributed by atoms with Crippen molar-refractivity contribution in [2.75, 3.05) is 12.0 Å². The molecule has 0 N–H and O–H groups in total. The monoisotopic (exact) mass is 390 g/mol. The molecule has 5 nitrogen and oxygen atoms in total. The Morgan fingerprint density at radius 2 is 2.04 bits per heavy atom. The Bertz CT molecular complexity index is 1110. The van der Waals surface area contributed by atoms with Gasteiger partial charge in [-0.25, -0.2) is 9.88 Å². The van der Waals surface area contributed by atoms with Gasteiger partial charge in [-0.2, -0.15) is 0 Å². The van der Waals surface area contributed by atoms with Gasteiger partial charge in [-0.15, -0.1) is 0 Å². The first kappa shape index (κ1) is 18.0. The van der Waals surface area contributed by atoms with E-state index in [1.54, 1.807) is 36.5 Å². The number of anilines is 2. The lowest BCUT2D eigenvalue weighted by atomic mass is 10.2. The van der Waals surface area contributed by atoms with Crippen LogP contribution in [0.1, 0.15) is 11.3 Å². The molecule has 140 valence electrons. The van der Waals surface area contributed by atoms with Gasteiger partial charge in [0.25, 0.3) is 5.91 Å². The summed E-state index contributed by atoms with van der Waals surface area (Å²) in [5, 5.41) is 0.583. The summed E-state index contributed by atoms with van der Waals surface area (Å²) in [4.78, 5) is 19.5. The van der Waals surface area contributed by atoms with E-state index in [1.807, 2.05) is 49.4 Å². The number of aryl methyl sites for hydroxylation is 1. The van der Waals surface area contributed by atoms with Crippen molar-refractivity contribution < 1.29 is 13.9 Å². The molecular formula is C22H18N2O3S. The number of carbonyl (C=O) groups excluding carboxylic acids is 1. The summed E-state index contributed by atoms with van der Waals surface area (Å²) in [5.74, 6) is 0.970. The Morgan fingerprint density at radius 1 is 1.18 bits per heavy atom. The maximum Gasteiger partial charge on any atom is 0.257 e. The third-order valence-electron chi connectivity index (χ3n) is 4.20. The second-order valence-corrected chi connectivity index (χ2v) is 7.17. The Kier molecular flexibility index (Phi) is 4.95. The van der Waals surface area contributed by atoms with E-state index in [-0.39, 0.29) is 5.91 Å². The predicted molar refractivity (Wildman–Crippen MR) is 112 cm³/mol. The molecule has 0 fully saturated rings. The molecule has 6 heteroatoms. The van der Waals surface area contributed by atoms with Gasteiger partial charge in [-0.1, -0.05) is 29.5 Å². The number of carbonyl (C=O) groups is 1. The van der Waals surface area contributed by atoms with E-state index in [9.17, 15) is 4.79 Å². The number of hydrogen-bond acceptors (Lipinski definition) is 5. The predicted octanol–water partition coefficient (Wildman–Crippen LogP) is 5.58. The molecule has 0 aliphatic heterocycles. The lowest BCUT2D eigenvalue weighted by Gasteiger charge is -2.21. The first-order valence-corrected chi connectivity index (χ1v) is 9.53. The molecule has 2 aromatic carbocycles. The standard InChI is InChI=1S/C22H18N2O3S/c1-15-9-11-19(26-2)18(14-15)24(21(25)12-10-16-6-5-13-27-16)22-23-17-7-3-4-8-20(17)28-22/h3-14H,1-2H3/b12-10+. The van der Waals surface area contributed by atoms with Crippen molar-refractivity contribution >= 4 is 44.4 Å². The largest absolute Gasteiger partial charge is 0.495 e. The number of amides is 1. The number of hydrogen-bond donors (Lipinski definition) is 0. The smallest absolute Gasteiger partial charge is 0.257 e. The van der Waals surface area contributed by atoms with Crippen molar-refractivity contribution in [1.82, 2.24) is 4.98 Å². The van der Waals surface area contributed by atoms with Gasteiger partial charge in [0.1, 0.15) is 11.5 Å². The first-order chi connectivity index (χ1) is 13.7. The summed E-state index contributed by atoms with van der Waals surface area (Å²) >= 11 is 1.46. The number of ether oxygens (including phenoxy) is 1. The fourth-order valence-corrected chi connectivity index (χ4v) is 3.85. The Morgan fingerprint density at radius 3 is 2.79 bits per heavy atom. The maximum atomic E-state index is 13.2. The summed E-state index contributed by atoms with van der Waals surface area (Å²) in [6.45, 7) is 1.97. The van der Waals surface area contributed by atoms with Gasteiger partial charge < -0.3 is 9.15 Å². The van der Waals surface area contributed by atoms with E-state index in [4.69, 9.17) is 9.15 Å². The van der Waals surface area contributed by atoms with Gasteiger partial charge in [-0.3, -0.25) is 4.79 Å². The van der Waals surface area contributed by atoms with E-state index in [0.29, 0.717) is 22.3 Å². The molecule has 4 aromatic rings. The summed E-state index contributed by atoms with van der Waals surface area (Å²) < 4.78 is 11.8. The third kappa shape index (κ3) is 3.54. The van der Waals surface area contributed by atoms with Gasteiger partial charge >= 0.3 is 0 Å². The molecule has 0 aliphatic rings. The zero-order chi connectivity index (χ0) is 19.5. The van der Waals surface area contributed by atoms with E-state index in [2.05, 4.69) is 4.98 Å². The minimum Gasteiger partial charge on any atom is -0.495 e. The van der Waals surface area contributed by atoms with Crippen LogP contribution in [-0.4, -0.2) is 18.0 Å². The van der Waals surface area contributed by atoms with Crippen molar-refractivity contribution in [3.63, 3.8) is 0 Å². The van der Waals surface area contributed by atoms with Crippen LogP contribution in [0.3, 0.4) is 0 Å². The molecule has 0 saturated heterocycles. The minimum atomic E-state index is -0.237. The highest BCUT2D eigenvalue weighted by molar-refractivity contribution is 7.22. The van der Waals surface area contributed by atoms with Crippen molar-refractivity contribution in [1.29, 1.82) is 0 Å². The van der Waals surface area contributed by atoms with Crippen LogP contribution in [0, 0.1) is 6.92 Å². The highest BCUT2D eigenvalue weighted by atomic mass is 32.1. The van der Waals surface area contributed by atoms with Crippen LogP contribution in [0.15, 0.2) is 71.4 Å². The molecule has 0 unspecified atom stereocenters. The van der Waals surface area contributed by atoms with E-state index in [0.717, 1.165) is 15.8 Å². The number of fused-ring (bicyclic) bond motifs is 1. The average Bonchev–Trinajstić information content (AvgIpc) is 3.36. The quantitative estimate of drug-likeness (QED) is 0.417. The third-order valence-corrected chi connectivity index (χ3v) is 5.22. The lowest BCUT2D eigenvalue weighted by Crippen LogP contribution is -2.24. The highest BCUT2D eigenvalue weighted by Crippen LogP contribution is 2.38. The van der Waals surface area contributed by atoms with Crippen LogP contribution < -0.4 is 9.64 Å². The topological polar surface area (TPSA) is 55.6 Å². The molecule has 2 aromatic heterocycles. The molecule has 1 amide bonds. The van der Waals surface area contributed by atoms with E-state index in [1.165, 1.54) is 17.4 Å². The summed E-state index contributed by atoms with van der Waals surface area (Å²) in [6.07, 6.45) is 4.69. The zero-order valence-corrected chi connectivity index (χ0v) is 16.3. The molecule has 0 radical (unpaired) electrons.